The molecule has 8 aromatic heterocycles. The molecule has 10 aromatic rings. The minimum absolute atomic E-state index is 0.00158. The van der Waals surface area contributed by atoms with Gasteiger partial charge >= 0.3 is 0 Å². The van der Waals surface area contributed by atoms with E-state index in [1.54, 1.807) is 66.8 Å². The Balaban J connectivity index is 0.000000152. The van der Waals surface area contributed by atoms with Gasteiger partial charge in [-0.05, 0) is 197 Å². The van der Waals surface area contributed by atoms with Crippen LogP contribution in [-0.2, 0) is 26.1 Å². The van der Waals surface area contributed by atoms with Gasteiger partial charge in [-0.15, -0.1) is 68.0 Å². The average molecular weight is 1620 g/mol. The molecule has 0 bridgehead atoms. The number of nitrogens with zero attached hydrogens (tertiary/aromatic N) is 4. The van der Waals surface area contributed by atoms with Gasteiger partial charge in [0.15, 0.2) is 0 Å². The molecular formula is C93H124N4O2S9. The lowest BCUT2D eigenvalue weighted by Gasteiger charge is -2.37. The molecule has 0 saturated carbocycles. The van der Waals surface area contributed by atoms with Crippen LogP contribution in [0.25, 0.3) is 77.1 Å². The predicted octanol–water partition coefficient (Wildman–Crippen LogP) is 32.2. The van der Waals surface area contributed by atoms with Crippen LogP contribution in [-0.4, -0.2) is 25.9 Å². The first-order chi connectivity index (χ1) is 52.2. The third-order valence-corrected chi connectivity index (χ3v) is 35.6. The maximum absolute atomic E-state index is 13.1. The summed E-state index contributed by atoms with van der Waals surface area (Å²) in [6.07, 6.45) is 42.3. The number of sulfone groups is 1. The molecule has 582 valence electrons. The van der Waals surface area contributed by atoms with Gasteiger partial charge in [-0.2, -0.15) is 17.5 Å². The van der Waals surface area contributed by atoms with Crippen molar-refractivity contribution < 1.29 is 8.42 Å². The van der Waals surface area contributed by atoms with Gasteiger partial charge in [0.25, 0.3) is 0 Å². The van der Waals surface area contributed by atoms with Crippen LogP contribution in [0.15, 0.2) is 77.7 Å². The van der Waals surface area contributed by atoms with E-state index in [0.717, 1.165) is 38.8 Å². The molecule has 4 unspecified atom stereocenters. The van der Waals surface area contributed by atoms with Crippen molar-refractivity contribution in [3.05, 3.63) is 142 Å². The third-order valence-electron chi connectivity index (χ3n) is 25.3. The van der Waals surface area contributed by atoms with E-state index in [4.69, 9.17) is 8.75 Å². The summed E-state index contributed by atoms with van der Waals surface area (Å²) in [5, 5.41) is 0. The number of aromatic nitrogens is 4. The standard InChI is InChI=1S/C33H44N2S3.C31H44O2S3.C29H36N2S3/c1-7-11-13-23(9-3)19-33(20-24(10-4)14-12-8-2)26-17-22(6)36-31(26)32-27(33)18-28(37-32)25-16-15-21(5)29-30(25)35-38-34-29;1-7-11-13-23(9-3)19-31(20-24(10-4)14-12-8-2)25-17-21(5)34-29(25)30-26(31)18-27(35-30)28-16-15-22(6)36(28,32)33;1-5-7-9-11-15-29(16-12-10-8-6-2)22-17-20(4)32-27(22)28-23(29)18-24(33-28)21-14-13-19(3)25-26(21)31-34-30-25/h15-18,23-24H,7-14,19-20H2,1-6H3;15-18,23-24H,7-14,19-20H2,1-6H3;13-14,17-18H,5-12,15-16H2,1-4H3. The summed E-state index contributed by atoms with van der Waals surface area (Å²) < 4.78 is 44.9. The number of thiophene rings is 6. The third kappa shape index (κ3) is 16.7. The smallest absolute Gasteiger partial charge is 0.203 e. The molecule has 0 amide bonds. The molecule has 108 heavy (non-hydrogen) atoms. The van der Waals surface area contributed by atoms with Crippen LogP contribution in [0.2, 0.25) is 0 Å². The number of rotatable bonds is 37. The van der Waals surface area contributed by atoms with Crippen molar-refractivity contribution in [1.29, 1.82) is 0 Å². The molecule has 3 aliphatic carbocycles. The van der Waals surface area contributed by atoms with E-state index in [9.17, 15) is 8.42 Å². The molecule has 14 rings (SSSR count). The lowest BCUT2D eigenvalue weighted by Crippen LogP contribution is -2.31. The monoisotopic (exact) mass is 1620 g/mol. The highest BCUT2D eigenvalue weighted by atomic mass is 32.2. The lowest BCUT2D eigenvalue weighted by molar-refractivity contribution is 0.266. The molecule has 4 aliphatic rings. The normalized spacial score (nSPS) is 18.1. The molecule has 1 aliphatic heterocycles. The van der Waals surface area contributed by atoms with E-state index in [1.807, 2.05) is 62.8 Å². The Bertz CT molecular complexity index is 4800. The van der Waals surface area contributed by atoms with Crippen LogP contribution in [0.5, 0.6) is 0 Å². The Hall–Kier alpha value is -4.29. The van der Waals surface area contributed by atoms with Crippen LogP contribution < -0.4 is 0 Å². The summed E-state index contributed by atoms with van der Waals surface area (Å²) in [6.45, 7) is 36.3. The van der Waals surface area contributed by atoms with Crippen LogP contribution in [0, 0.1) is 58.3 Å². The molecule has 0 spiro atoms. The second-order valence-electron chi connectivity index (χ2n) is 32.8. The van der Waals surface area contributed by atoms with Crippen molar-refractivity contribution in [2.75, 3.05) is 0 Å². The maximum atomic E-state index is 13.1. The number of allylic oxidation sites excluding steroid dienone is 3. The highest BCUT2D eigenvalue weighted by molar-refractivity contribution is 8.04. The van der Waals surface area contributed by atoms with Gasteiger partial charge in [0.05, 0.1) is 28.4 Å². The van der Waals surface area contributed by atoms with Crippen LogP contribution in [0.1, 0.15) is 333 Å². The summed E-state index contributed by atoms with van der Waals surface area (Å²) >= 11 is 14.3. The average Bonchev–Trinajstić information content (AvgIpc) is 1.65. The fourth-order valence-corrected chi connectivity index (χ4v) is 29.4. The first-order valence-electron chi connectivity index (χ1n) is 42.1. The van der Waals surface area contributed by atoms with Crippen molar-refractivity contribution in [1.82, 2.24) is 17.5 Å². The van der Waals surface area contributed by atoms with Crippen LogP contribution >= 0.6 is 91.5 Å². The molecule has 0 fully saturated rings. The number of benzene rings is 2. The zero-order valence-electron chi connectivity index (χ0n) is 68.2. The second kappa shape index (κ2) is 36.9. The topological polar surface area (TPSA) is 85.7 Å². The van der Waals surface area contributed by atoms with Crippen LogP contribution in [0.4, 0.5) is 0 Å². The number of fused-ring (bicyclic) bond motifs is 11. The summed E-state index contributed by atoms with van der Waals surface area (Å²) in [6, 6.07) is 24.0. The quantitative estimate of drug-likeness (QED) is 0.0361. The molecule has 0 N–H and O–H groups in total. The minimum Gasteiger partial charge on any atom is -0.219 e. The minimum atomic E-state index is -3.36. The van der Waals surface area contributed by atoms with E-state index in [1.165, 1.54) is 283 Å². The van der Waals surface area contributed by atoms with Gasteiger partial charge in [-0.3, -0.25) is 0 Å². The second-order valence-corrected chi connectivity index (χ2v) is 42.9. The number of hydrogen-bond acceptors (Lipinski definition) is 14. The predicted molar refractivity (Wildman–Crippen MR) is 482 cm³/mol. The van der Waals surface area contributed by atoms with Gasteiger partial charge in [0, 0.05) is 90.8 Å². The van der Waals surface area contributed by atoms with Crippen molar-refractivity contribution in [3.8, 4) is 50.1 Å². The first-order valence-corrected chi connectivity index (χ1v) is 49.9. The molecular weight excluding hydrogens is 1490 g/mol. The zero-order valence-corrected chi connectivity index (χ0v) is 75.6. The van der Waals surface area contributed by atoms with Gasteiger partial charge < -0.3 is 0 Å². The van der Waals surface area contributed by atoms with Crippen molar-refractivity contribution >= 4 is 128 Å². The van der Waals surface area contributed by atoms with E-state index in [2.05, 4.69) is 173 Å². The Morgan fingerprint density at radius 2 is 0.657 bits per heavy atom. The molecule has 0 saturated heterocycles. The van der Waals surface area contributed by atoms with Crippen LogP contribution in [0.3, 0.4) is 0 Å². The molecule has 2 aromatic carbocycles. The SMILES string of the molecule is CCCCC(CC)CC1(CC(CC)CCCC)c2cc(C)sc2-c2sc(-c3ccc(C)c4nsnc34)cc21.CCCCC(CC)CC1(CC(CC)CCCC)c2cc(C)sc2-c2sc(C3=CC=C(C)S3(=O)=O)cc21.CCCCCCC1(CCCCCC)c2cc(C)sc2-c2sc(-c3ccc(C)c4nsnc34)cc21. The summed E-state index contributed by atoms with van der Waals surface area (Å²) in [7, 11) is -3.36. The van der Waals surface area contributed by atoms with Crippen molar-refractivity contribution in [2.24, 2.45) is 23.7 Å². The molecule has 9 heterocycles. The Labute approximate surface area is 683 Å². The summed E-state index contributed by atoms with van der Waals surface area (Å²) in [5.41, 5.74) is 19.1. The van der Waals surface area contributed by atoms with Gasteiger partial charge in [-0.1, -0.05) is 248 Å². The molecule has 4 atom stereocenters. The summed E-state index contributed by atoms with van der Waals surface area (Å²) in [5.74, 6) is 2.92. The highest BCUT2D eigenvalue weighted by Gasteiger charge is 2.51. The van der Waals surface area contributed by atoms with Crippen molar-refractivity contribution in [3.63, 3.8) is 0 Å². The van der Waals surface area contributed by atoms with E-state index < -0.39 is 9.84 Å². The molecule has 6 nitrogen and oxygen atoms in total. The van der Waals surface area contributed by atoms with Crippen molar-refractivity contribution in [2.45, 2.75) is 320 Å². The highest BCUT2D eigenvalue weighted by Crippen LogP contribution is 2.65. The van der Waals surface area contributed by atoms with E-state index in [0.29, 0.717) is 21.6 Å². The Morgan fingerprint density at radius 1 is 0.343 bits per heavy atom. The van der Waals surface area contributed by atoms with E-state index in [-0.39, 0.29) is 16.2 Å². The largest absolute Gasteiger partial charge is 0.219 e. The number of aryl methyl sites for hydroxylation is 5. The molecule has 15 heteroatoms. The van der Waals surface area contributed by atoms with Gasteiger partial charge in [-0.25, -0.2) is 8.42 Å². The lowest BCUT2D eigenvalue weighted by atomic mass is 9.65. The first kappa shape index (κ1) is 83.1. The van der Waals surface area contributed by atoms with E-state index >= 15 is 0 Å². The summed E-state index contributed by atoms with van der Waals surface area (Å²) in [4.78, 5) is 17.9. The van der Waals surface area contributed by atoms with Gasteiger partial charge in [0.1, 0.15) is 22.1 Å². The Kier molecular flexibility index (Phi) is 28.4. The fourth-order valence-electron chi connectivity index (χ4n) is 19.0. The van der Waals surface area contributed by atoms with Gasteiger partial charge in [0.2, 0.25) is 9.84 Å². The molecule has 0 radical (unpaired) electrons. The maximum Gasteiger partial charge on any atom is 0.203 e. The fraction of sp³-hybridized carbons (Fsp3) is 0.570. The zero-order chi connectivity index (χ0) is 76.7. The number of hydrogen-bond donors (Lipinski definition) is 0. The number of unbranched alkanes of at least 4 members (excludes halogenated alkanes) is 10. The Morgan fingerprint density at radius 3 is 1.00 bits per heavy atom.